The highest BCUT2D eigenvalue weighted by atomic mass is 19.4. The molecule has 104 valence electrons. The fraction of sp³-hybridized carbons (Fsp3) is 0.417. The second-order valence-electron chi connectivity index (χ2n) is 4.25. The third-order valence-electron chi connectivity index (χ3n) is 2.76. The number of hydrogen-bond acceptors (Lipinski definition) is 3. The molecule has 1 aliphatic rings. The van der Waals surface area contributed by atoms with Crippen molar-refractivity contribution in [2.75, 3.05) is 13.2 Å². The lowest BCUT2D eigenvalue weighted by Crippen LogP contribution is -2.30. The van der Waals surface area contributed by atoms with Crippen LogP contribution >= 0.6 is 0 Å². The lowest BCUT2D eigenvalue weighted by molar-refractivity contribution is -0.184. The van der Waals surface area contributed by atoms with E-state index >= 15 is 0 Å². The number of halogens is 3. The number of benzene rings is 1. The minimum Gasteiger partial charge on any atom is -0.312 e. The Morgan fingerprint density at radius 2 is 2.16 bits per heavy atom. The van der Waals surface area contributed by atoms with Gasteiger partial charge in [0.15, 0.2) is 6.61 Å². The van der Waals surface area contributed by atoms with Crippen molar-refractivity contribution in [3.8, 4) is 0 Å². The van der Waals surface area contributed by atoms with Crippen LogP contribution in [-0.2, 0) is 17.8 Å². The van der Waals surface area contributed by atoms with Crippen molar-refractivity contribution >= 4 is 5.91 Å². The van der Waals surface area contributed by atoms with E-state index in [9.17, 15) is 18.0 Å². The van der Waals surface area contributed by atoms with Crippen molar-refractivity contribution < 1.29 is 22.8 Å². The molecule has 0 bridgehead atoms. The molecule has 1 heterocycles. The van der Waals surface area contributed by atoms with E-state index < -0.39 is 18.7 Å². The predicted octanol–water partition coefficient (Wildman–Crippen LogP) is 1.56. The van der Waals surface area contributed by atoms with Crippen LogP contribution in [0.3, 0.4) is 0 Å². The summed E-state index contributed by atoms with van der Waals surface area (Å²) in [5.74, 6) is -0.683. The van der Waals surface area contributed by atoms with Gasteiger partial charge in [-0.05, 0) is 36.2 Å². The molecule has 0 fully saturated rings. The second kappa shape index (κ2) is 5.58. The van der Waals surface area contributed by atoms with Gasteiger partial charge in [0.25, 0.3) is 5.91 Å². The Labute approximate surface area is 107 Å². The number of fused-ring (bicyclic) bond motifs is 1. The van der Waals surface area contributed by atoms with E-state index in [0.717, 1.165) is 24.1 Å². The topological polar surface area (TPSA) is 50.4 Å². The summed E-state index contributed by atoms with van der Waals surface area (Å²) in [5.41, 5.74) is 4.19. The minimum absolute atomic E-state index is 0.282. The van der Waals surface area contributed by atoms with Crippen molar-refractivity contribution in [2.24, 2.45) is 0 Å². The van der Waals surface area contributed by atoms with Gasteiger partial charge in [0.05, 0.1) is 0 Å². The Hall–Kier alpha value is -1.60. The number of rotatable bonds is 3. The molecular weight excluding hydrogens is 261 g/mol. The van der Waals surface area contributed by atoms with Gasteiger partial charge < -0.3 is 5.32 Å². The van der Waals surface area contributed by atoms with E-state index in [1.807, 2.05) is 6.07 Å². The molecule has 0 atom stereocenters. The molecule has 0 saturated carbocycles. The van der Waals surface area contributed by atoms with Gasteiger partial charge in [-0.2, -0.15) is 13.2 Å². The number of amides is 1. The van der Waals surface area contributed by atoms with Gasteiger partial charge in [0, 0.05) is 12.1 Å². The summed E-state index contributed by atoms with van der Waals surface area (Å²) in [4.78, 5) is 15.7. The maximum atomic E-state index is 11.8. The van der Waals surface area contributed by atoms with Crippen LogP contribution in [0.1, 0.15) is 21.5 Å². The van der Waals surface area contributed by atoms with Crippen LogP contribution in [0.25, 0.3) is 0 Å². The summed E-state index contributed by atoms with van der Waals surface area (Å²) in [5, 5.41) is 3.16. The van der Waals surface area contributed by atoms with Crippen LogP contribution in [0.4, 0.5) is 13.2 Å². The summed E-state index contributed by atoms with van der Waals surface area (Å²) < 4.78 is 35.5. The maximum Gasteiger partial charge on any atom is 0.414 e. The van der Waals surface area contributed by atoms with Crippen molar-refractivity contribution in [3.63, 3.8) is 0 Å². The van der Waals surface area contributed by atoms with Crippen LogP contribution < -0.4 is 10.8 Å². The molecule has 0 saturated heterocycles. The Morgan fingerprint density at radius 1 is 1.37 bits per heavy atom. The van der Waals surface area contributed by atoms with E-state index in [4.69, 9.17) is 0 Å². The molecule has 19 heavy (non-hydrogen) atoms. The Bertz CT molecular complexity index is 475. The monoisotopic (exact) mass is 274 g/mol. The Balaban J connectivity index is 1.96. The van der Waals surface area contributed by atoms with E-state index in [-0.39, 0.29) is 5.56 Å². The van der Waals surface area contributed by atoms with E-state index in [1.54, 1.807) is 17.6 Å². The summed E-state index contributed by atoms with van der Waals surface area (Å²) >= 11 is 0. The fourth-order valence-electron chi connectivity index (χ4n) is 1.86. The van der Waals surface area contributed by atoms with Gasteiger partial charge in [-0.15, -0.1) is 0 Å². The Kier molecular flexibility index (Phi) is 4.06. The average Bonchev–Trinajstić information content (AvgIpc) is 2.36. The Morgan fingerprint density at radius 3 is 2.89 bits per heavy atom. The molecule has 7 heteroatoms. The number of alkyl halides is 3. The third kappa shape index (κ3) is 3.93. The summed E-state index contributed by atoms with van der Waals surface area (Å²) in [6, 6.07) is 5.05. The average molecular weight is 274 g/mol. The van der Waals surface area contributed by atoms with Gasteiger partial charge in [-0.3, -0.25) is 9.63 Å². The van der Waals surface area contributed by atoms with E-state index in [1.165, 1.54) is 0 Å². The van der Waals surface area contributed by atoms with Gasteiger partial charge in [-0.25, -0.2) is 5.48 Å². The van der Waals surface area contributed by atoms with Gasteiger partial charge in [-0.1, -0.05) is 6.07 Å². The van der Waals surface area contributed by atoms with Crippen LogP contribution in [-0.4, -0.2) is 25.2 Å². The molecule has 0 aromatic heterocycles. The fourth-order valence-corrected chi connectivity index (χ4v) is 1.86. The molecule has 1 aliphatic heterocycles. The first-order valence-corrected chi connectivity index (χ1v) is 5.77. The molecule has 0 spiro atoms. The molecule has 2 rings (SSSR count). The number of carbonyl (C=O) groups excluding carboxylic acids is 1. The summed E-state index contributed by atoms with van der Waals surface area (Å²) in [6.45, 7) is 0.0261. The normalized spacial score (nSPS) is 14.9. The second-order valence-corrected chi connectivity index (χ2v) is 4.25. The van der Waals surface area contributed by atoms with E-state index in [2.05, 4.69) is 10.2 Å². The van der Waals surface area contributed by atoms with Gasteiger partial charge in [0.2, 0.25) is 0 Å². The number of carbonyl (C=O) groups is 1. The molecule has 0 aliphatic carbocycles. The molecule has 1 aromatic rings. The molecule has 1 aromatic carbocycles. The van der Waals surface area contributed by atoms with Gasteiger partial charge in [0.1, 0.15) is 0 Å². The SMILES string of the molecule is O=C(NOCC(F)(F)F)c1ccc2c(c1)CNCC2. The quantitative estimate of drug-likeness (QED) is 0.822. The third-order valence-corrected chi connectivity index (χ3v) is 2.76. The first-order valence-electron chi connectivity index (χ1n) is 5.77. The van der Waals surface area contributed by atoms with Crippen LogP contribution in [0.5, 0.6) is 0 Å². The molecule has 1 amide bonds. The molecule has 0 radical (unpaired) electrons. The molecular formula is C12H13F3N2O2. The standard InChI is InChI=1S/C12H13F3N2O2/c13-12(14,15)7-19-17-11(18)9-2-1-8-3-4-16-6-10(8)5-9/h1-2,5,16H,3-4,6-7H2,(H,17,18). The predicted molar refractivity (Wildman–Crippen MR) is 61.3 cm³/mol. The highest BCUT2D eigenvalue weighted by molar-refractivity contribution is 5.93. The number of nitrogens with one attached hydrogen (secondary N) is 2. The number of hydroxylamine groups is 1. The maximum absolute atomic E-state index is 11.8. The van der Waals surface area contributed by atoms with Gasteiger partial charge >= 0.3 is 6.18 Å². The molecule has 2 N–H and O–H groups in total. The zero-order valence-corrected chi connectivity index (χ0v) is 10.0. The van der Waals surface area contributed by atoms with Crippen molar-refractivity contribution in [1.29, 1.82) is 0 Å². The summed E-state index contributed by atoms with van der Waals surface area (Å²) in [7, 11) is 0. The first kappa shape index (κ1) is 13.8. The highest BCUT2D eigenvalue weighted by Gasteiger charge is 2.28. The smallest absolute Gasteiger partial charge is 0.312 e. The zero-order valence-electron chi connectivity index (χ0n) is 10.0. The molecule has 0 unspecified atom stereocenters. The lowest BCUT2D eigenvalue weighted by atomic mass is 9.98. The highest BCUT2D eigenvalue weighted by Crippen LogP contribution is 2.16. The number of hydrogen-bond donors (Lipinski definition) is 2. The van der Waals surface area contributed by atoms with Crippen molar-refractivity contribution in [2.45, 2.75) is 19.1 Å². The lowest BCUT2D eigenvalue weighted by Gasteiger charge is -2.17. The van der Waals surface area contributed by atoms with E-state index in [0.29, 0.717) is 6.54 Å². The largest absolute Gasteiger partial charge is 0.414 e. The van der Waals surface area contributed by atoms with Crippen LogP contribution in [0.15, 0.2) is 18.2 Å². The van der Waals surface area contributed by atoms with Crippen LogP contribution in [0, 0.1) is 0 Å². The van der Waals surface area contributed by atoms with Crippen molar-refractivity contribution in [1.82, 2.24) is 10.8 Å². The first-order chi connectivity index (χ1) is 8.96. The van der Waals surface area contributed by atoms with Crippen molar-refractivity contribution in [3.05, 3.63) is 34.9 Å². The molecule has 4 nitrogen and oxygen atoms in total. The zero-order chi connectivity index (χ0) is 13.9. The van der Waals surface area contributed by atoms with Crippen LogP contribution in [0.2, 0.25) is 0 Å². The summed E-state index contributed by atoms with van der Waals surface area (Å²) in [6.07, 6.45) is -3.59. The minimum atomic E-state index is -4.47.